The number of furan rings is 1. The Morgan fingerprint density at radius 1 is 1.06 bits per heavy atom. The average molecular weight is 492 g/mol. The van der Waals surface area contributed by atoms with E-state index in [-0.39, 0.29) is 44.1 Å². The van der Waals surface area contributed by atoms with E-state index in [1.807, 2.05) is 0 Å². The van der Waals surface area contributed by atoms with Crippen LogP contribution in [0.3, 0.4) is 0 Å². The summed E-state index contributed by atoms with van der Waals surface area (Å²) >= 11 is 12.1. The molecule has 1 aromatic heterocycles. The standard InChI is InChI=1S/C23H16Cl2FNO6/c1-31-17-10-14(25)18(32-2)9-12(17)21(28)19-20(16-4-3-7-33-16)27(23(30)22(19)29)11-5-6-15(26)13(24)8-11/h3-10,20,28H,1-2H3/b21-19+. The van der Waals surface area contributed by atoms with Gasteiger partial charge in [-0.15, -0.1) is 0 Å². The minimum absolute atomic E-state index is 0.0745. The SMILES string of the molecule is COc1cc(/C(O)=C2\C(=O)C(=O)N(c3ccc(F)c(Cl)c3)C2c2ccco2)c(OC)cc1Cl. The molecule has 1 N–H and O–H groups in total. The normalized spacial score (nSPS) is 17.5. The minimum Gasteiger partial charge on any atom is -0.507 e. The number of methoxy groups -OCH3 is 2. The zero-order valence-corrected chi connectivity index (χ0v) is 18.8. The number of carbonyl (C=O) groups excluding carboxylic acids is 2. The molecule has 2 aromatic carbocycles. The number of ketones is 1. The molecule has 3 aromatic rings. The van der Waals surface area contributed by atoms with Crippen LogP contribution in [-0.2, 0) is 9.59 Å². The highest BCUT2D eigenvalue weighted by atomic mass is 35.5. The Morgan fingerprint density at radius 2 is 1.79 bits per heavy atom. The molecule has 10 heteroatoms. The van der Waals surface area contributed by atoms with Crippen molar-refractivity contribution in [3.05, 3.63) is 81.5 Å². The van der Waals surface area contributed by atoms with Crippen LogP contribution in [0.1, 0.15) is 17.4 Å². The summed E-state index contributed by atoms with van der Waals surface area (Å²) < 4.78 is 29.7. The predicted molar refractivity (Wildman–Crippen MR) is 119 cm³/mol. The molecular formula is C23H16Cl2FNO6. The Hall–Kier alpha value is -3.49. The van der Waals surface area contributed by atoms with Crippen LogP contribution in [0, 0.1) is 5.82 Å². The summed E-state index contributed by atoms with van der Waals surface area (Å²) in [6.45, 7) is 0. The zero-order chi connectivity index (χ0) is 23.9. The summed E-state index contributed by atoms with van der Waals surface area (Å²) in [5.74, 6) is -2.61. The largest absolute Gasteiger partial charge is 0.507 e. The lowest BCUT2D eigenvalue weighted by Gasteiger charge is -2.23. The van der Waals surface area contributed by atoms with Crippen molar-refractivity contribution in [3.8, 4) is 11.5 Å². The van der Waals surface area contributed by atoms with E-state index in [4.69, 9.17) is 37.1 Å². The number of Topliss-reactive ketones (excluding diaryl/α,β-unsaturated/α-hetero) is 1. The number of halogens is 3. The van der Waals surface area contributed by atoms with Crippen molar-refractivity contribution in [2.24, 2.45) is 0 Å². The molecule has 0 bridgehead atoms. The number of carbonyl (C=O) groups is 2. The summed E-state index contributed by atoms with van der Waals surface area (Å²) in [7, 11) is 2.75. The first-order chi connectivity index (χ1) is 15.8. The molecule has 1 fully saturated rings. The third-order valence-electron chi connectivity index (χ3n) is 5.17. The first-order valence-electron chi connectivity index (χ1n) is 9.49. The van der Waals surface area contributed by atoms with E-state index in [9.17, 15) is 19.1 Å². The van der Waals surface area contributed by atoms with Crippen LogP contribution in [0.25, 0.3) is 5.76 Å². The van der Waals surface area contributed by atoms with E-state index in [0.29, 0.717) is 0 Å². The average Bonchev–Trinajstić information content (AvgIpc) is 3.42. The van der Waals surface area contributed by atoms with E-state index in [1.165, 1.54) is 44.7 Å². The maximum Gasteiger partial charge on any atom is 0.300 e. The van der Waals surface area contributed by atoms with Crippen LogP contribution in [-0.4, -0.2) is 31.0 Å². The molecule has 33 heavy (non-hydrogen) atoms. The van der Waals surface area contributed by atoms with Crippen molar-refractivity contribution in [2.45, 2.75) is 6.04 Å². The van der Waals surface area contributed by atoms with Gasteiger partial charge < -0.3 is 19.0 Å². The van der Waals surface area contributed by atoms with Gasteiger partial charge in [-0.2, -0.15) is 0 Å². The van der Waals surface area contributed by atoms with Crippen LogP contribution in [0.2, 0.25) is 10.0 Å². The van der Waals surface area contributed by atoms with Crippen LogP contribution < -0.4 is 14.4 Å². The van der Waals surface area contributed by atoms with Crippen molar-refractivity contribution >= 4 is 46.3 Å². The predicted octanol–water partition coefficient (Wildman–Crippen LogP) is 5.37. The molecule has 1 aliphatic rings. The Morgan fingerprint density at radius 3 is 2.39 bits per heavy atom. The van der Waals surface area contributed by atoms with Gasteiger partial charge in [0.05, 0.1) is 41.7 Å². The molecule has 4 rings (SSSR count). The van der Waals surface area contributed by atoms with Crippen molar-refractivity contribution < 1.29 is 33.0 Å². The van der Waals surface area contributed by atoms with E-state index in [2.05, 4.69) is 0 Å². The number of aliphatic hydroxyl groups excluding tert-OH is 1. The monoisotopic (exact) mass is 491 g/mol. The van der Waals surface area contributed by atoms with Gasteiger partial charge in [-0.25, -0.2) is 4.39 Å². The van der Waals surface area contributed by atoms with Crippen LogP contribution in [0.4, 0.5) is 10.1 Å². The number of ether oxygens (including phenoxy) is 2. The second-order valence-electron chi connectivity index (χ2n) is 6.97. The van der Waals surface area contributed by atoms with Gasteiger partial charge in [0.25, 0.3) is 11.7 Å². The maximum absolute atomic E-state index is 13.7. The maximum atomic E-state index is 13.7. The van der Waals surface area contributed by atoms with Crippen LogP contribution >= 0.6 is 23.2 Å². The van der Waals surface area contributed by atoms with Crippen LogP contribution in [0.15, 0.2) is 58.7 Å². The summed E-state index contributed by atoms with van der Waals surface area (Å²) in [5, 5.41) is 11.2. The fourth-order valence-corrected chi connectivity index (χ4v) is 4.05. The van der Waals surface area contributed by atoms with Gasteiger partial charge in [-0.3, -0.25) is 14.5 Å². The molecule has 2 heterocycles. The molecule has 1 aliphatic heterocycles. The number of hydrogen-bond acceptors (Lipinski definition) is 6. The molecule has 0 spiro atoms. The summed E-state index contributed by atoms with van der Waals surface area (Å²) in [5.41, 5.74) is -0.0480. The van der Waals surface area contributed by atoms with Gasteiger partial charge in [0.1, 0.15) is 34.9 Å². The molecule has 0 saturated carbocycles. The molecule has 7 nitrogen and oxygen atoms in total. The van der Waals surface area contributed by atoms with Crippen LogP contribution in [0.5, 0.6) is 11.5 Å². The number of rotatable bonds is 5. The lowest BCUT2D eigenvalue weighted by atomic mass is 9.98. The first kappa shape index (κ1) is 22.7. The lowest BCUT2D eigenvalue weighted by molar-refractivity contribution is -0.132. The highest BCUT2D eigenvalue weighted by Gasteiger charge is 2.48. The molecule has 0 aliphatic carbocycles. The van der Waals surface area contributed by atoms with Gasteiger partial charge in [0.15, 0.2) is 0 Å². The second-order valence-corrected chi connectivity index (χ2v) is 7.78. The smallest absolute Gasteiger partial charge is 0.300 e. The van der Waals surface area contributed by atoms with Crippen molar-refractivity contribution in [2.75, 3.05) is 19.1 Å². The summed E-state index contributed by atoms with van der Waals surface area (Å²) in [6.07, 6.45) is 1.36. The minimum atomic E-state index is -1.16. The fourth-order valence-electron chi connectivity index (χ4n) is 3.64. The Bertz CT molecular complexity index is 1290. The number of aliphatic hydroxyl groups is 1. The Kier molecular flexibility index (Phi) is 6.05. The summed E-state index contributed by atoms with van der Waals surface area (Å²) in [4.78, 5) is 27.3. The second kappa shape index (κ2) is 8.80. The third-order valence-corrected chi connectivity index (χ3v) is 5.75. The van der Waals surface area contributed by atoms with Gasteiger partial charge in [0, 0.05) is 11.8 Å². The zero-order valence-electron chi connectivity index (χ0n) is 17.3. The summed E-state index contributed by atoms with van der Waals surface area (Å²) in [6, 6.07) is 8.33. The van der Waals surface area contributed by atoms with Crippen molar-refractivity contribution in [3.63, 3.8) is 0 Å². The molecule has 0 radical (unpaired) electrons. The van der Waals surface area contributed by atoms with Gasteiger partial charge in [-0.1, -0.05) is 23.2 Å². The van der Waals surface area contributed by atoms with E-state index >= 15 is 0 Å². The highest BCUT2D eigenvalue weighted by Crippen LogP contribution is 2.45. The topological polar surface area (TPSA) is 89.2 Å². The fraction of sp³-hybridized carbons (Fsp3) is 0.130. The van der Waals surface area contributed by atoms with E-state index < -0.39 is 29.3 Å². The lowest BCUT2D eigenvalue weighted by Crippen LogP contribution is -2.29. The molecule has 1 saturated heterocycles. The number of amides is 1. The first-order valence-corrected chi connectivity index (χ1v) is 10.3. The molecule has 1 atom stereocenters. The number of hydrogen-bond donors (Lipinski definition) is 1. The third kappa shape index (κ3) is 3.81. The number of nitrogens with zero attached hydrogens (tertiary/aromatic N) is 1. The van der Waals surface area contributed by atoms with Crippen molar-refractivity contribution in [1.82, 2.24) is 0 Å². The molecule has 170 valence electrons. The van der Waals surface area contributed by atoms with Gasteiger partial charge in [0.2, 0.25) is 0 Å². The van der Waals surface area contributed by atoms with Gasteiger partial charge >= 0.3 is 0 Å². The quantitative estimate of drug-likeness (QED) is 0.293. The number of benzene rings is 2. The van der Waals surface area contributed by atoms with E-state index in [1.54, 1.807) is 12.1 Å². The van der Waals surface area contributed by atoms with E-state index in [0.717, 1.165) is 11.0 Å². The molecular weight excluding hydrogens is 476 g/mol. The Balaban J connectivity index is 1.97. The van der Waals surface area contributed by atoms with Gasteiger partial charge in [-0.05, 0) is 36.4 Å². The molecule has 1 unspecified atom stereocenters. The number of anilines is 1. The molecule has 1 amide bonds. The van der Waals surface area contributed by atoms with Crippen molar-refractivity contribution in [1.29, 1.82) is 0 Å². The highest BCUT2D eigenvalue weighted by molar-refractivity contribution is 6.51. The Labute approximate surface area is 197 Å².